The van der Waals surface area contributed by atoms with Crippen molar-refractivity contribution in [3.63, 3.8) is 0 Å². The molecule has 1 N–H and O–H groups in total. The number of hydrogen-bond acceptors (Lipinski definition) is 2. The average Bonchev–Trinajstić information content (AvgIpc) is 3.13. The predicted molar refractivity (Wildman–Crippen MR) is 64.5 cm³/mol. The SMILES string of the molecule is CC[C@@H](C)[C@H](O)c1ccc(OC2CC2)c(F)c1. The summed E-state index contributed by atoms with van der Waals surface area (Å²) in [5.41, 5.74) is 0.625. The number of ether oxygens (including phenoxy) is 1. The van der Waals surface area contributed by atoms with Crippen molar-refractivity contribution in [3.05, 3.63) is 29.6 Å². The normalized spacial score (nSPS) is 18.8. The van der Waals surface area contributed by atoms with Crippen LogP contribution in [0.5, 0.6) is 5.75 Å². The first-order valence-corrected chi connectivity index (χ1v) is 6.26. The van der Waals surface area contributed by atoms with E-state index < -0.39 is 6.10 Å². The van der Waals surface area contributed by atoms with E-state index >= 15 is 0 Å². The van der Waals surface area contributed by atoms with Gasteiger partial charge in [-0.1, -0.05) is 26.3 Å². The van der Waals surface area contributed by atoms with E-state index in [1.165, 1.54) is 6.07 Å². The lowest BCUT2D eigenvalue weighted by atomic mass is 9.95. The molecule has 0 heterocycles. The largest absolute Gasteiger partial charge is 0.487 e. The first kappa shape index (κ1) is 12.4. The van der Waals surface area contributed by atoms with Crippen LogP contribution in [-0.2, 0) is 0 Å². The number of benzene rings is 1. The molecule has 17 heavy (non-hydrogen) atoms. The van der Waals surface area contributed by atoms with Gasteiger partial charge in [0.2, 0.25) is 0 Å². The lowest BCUT2D eigenvalue weighted by Gasteiger charge is -2.18. The van der Waals surface area contributed by atoms with Crippen molar-refractivity contribution >= 4 is 0 Å². The Kier molecular flexibility index (Phi) is 3.67. The van der Waals surface area contributed by atoms with Crippen molar-refractivity contribution in [1.82, 2.24) is 0 Å². The molecular weight excluding hydrogens is 219 g/mol. The predicted octanol–water partition coefficient (Wildman–Crippen LogP) is 3.45. The van der Waals surface area contributed by atoms with E-state index in [0.29, 0.717) is 11.3 Å². The van der Waals surface area contributed by atoms with Crippen LogP contribution in [0.1, 0.15) is 44.8 Å². The Bertz CT molecular complexity index is 388. The van der Waals surface area contributed by atoms with Gasteiger partial charge in [0.05, 0.1) is 12.2 Å². The van der Waals surface area contributed by atoms with Crippen LogP contribution in [0.2, 0.25) is 0 Å². The van der Waals surface area contributed by atoms with Crippen molar-refractivity contribution < 1.29 is 14.2 Å². The first-order valence-electron chi connectivity index (χ1n) is 6.26. The van der Waals surface area contributed by atoms with Gasteiger partial charge >= 0.3 is 0 Å². The van der Waals surface area contributed by atoms with E-state index in [4.69, 9.17) is 4.74 Å². The molecule has 3 heteroatoms. The van der Waals surface area contributed by atoms with Crippen molar-refractivity contribution in [1.29, 1.82) is 0 Å². The molecule has 2 rings (SSSR count). The molecule has 0 spiro atoms. The van der Waals surface area contributed by atoms with E-state index in [2.05, 4.69) is 0 Å². The molecule has 1 aromatic rings. The Labute approximate surface area is 101 Å². The van der Waals surface area contributed by atoms with Crippen LogP contribution in [0, 0.1) is 11.7 Å². The summed E-state index contributed by atoms with van der Waals surface area (Å²) in [6, 6.07) is 4.75. The Morgan fingerprint density at radius 3 is 2.71 bits per heavy atom. The zero-order valence-electron chi connectivity index (χ0n) is 10.3. The number of halogens is 1. The van der Waals surface area contributed by atoms with Crippen LogP contribution in [0.4, 0.5) is 4.39 Å². The minimum atomic E-state index is -0.607. The van der Waals surface area contributed by atoms with Gasteiger partial charge in [0.25, 0.3) is 0 Å². The molecule has 0 amide bonds. The van der Waals surface area contributed by atoms with Gasteiger partial charge in [-0.2, -0.15) is 0 Å². The fraction of sp³-hybridized carbons (Fsp3) is 0.571. The smallest absolute Gasteiger partial charge is 0.165 e. The minimum absolute atomic E-state index is 0.129. The van der Waals surface area contributed by atoms with E-state index in [9.17, 15) is 9.50 Å². The van der Waals surface area contributed by atoms with Crippen LogP contribution in [0.15, 0.2) is 18.2 Å². The van der Waals surface area contributed by atoms with Gasteiger partial charge in [0.1, 0.15) is 0 Å². The zero-order chi connectivity index (χ0) is 12.4. The van der Waals surface area contributed by atoms with Crippen LogP contribution >= 0.6 is 0 Å². The monoisotopic (exact) mass is 238 g/mol. The van der Waals surface area contributed by atoms with E-state index in [0.717, 1.165) is 19.3 Å². The third kappa shape index (κ3) is 2.97. The second-order valence-corrected chi connectivity index (χ2v) is 4.84. The standard InChI is InChI=1S/C14H19FO2/c1-3-9(2)14(16)10-4-7-13(12(15)8-10)17-11-5-6-11/h4,7-9,11,14,16H,3,5-6H2,1-2H3/t9-,14+/m1/s1. The van der Waals surface area contributed by atoms with E-state index in [1.807, 2.05) is 13.8 Å². The molecule has 1 aromatic carbocycles. The molecule has 0 aliphatic heterocycles. The second kappa shape index (κ2) is 5.05. The summed E-state index contributed by atoms with van der Waals surface area (Å²) in [6.45, 7) is 3.96. The quantitative estimate of drug-likeness (QED) is 0.851. The summed E-state index contributed by atoms with van der Waals surface area (Å²) < 4.78 is 19.2. The van der Waals surface area contributed by atoms with Crippen molar-refractivity contribution in [2.24, 2.45) is 5.92 Å². The summed E-state index contributed by atoms with van der Waals surface area (Å²) in [7, 11) is 0. The molecule has 1 aliphatic carbocycles. The maximum Gasteiger partial charge on any atom is 0.165 e. The summed E-state index contributed by atoms with van der Waals surface area (Å²) in [4.78, 5) is 0. The number of hydrogen-bond donors (Lipinski definition) is 1. The van der Waals surface area contributed by atoms with Gasteiger partial charge < -0.3 is 9.84 Å². The highest BCUT2D eigenvalue weighted by Crippen LogP contribution is 2.31. The van der Waals surface area contributed by atoms with Crippen LogP contribution < -0.4 is 4.74 Å². The van der Waals surface area contributed by atoms with Gasteiger partial charge in [0.15, 0.2) is 11.6 Å². The molecule has 0 bridgehead atoms. The topological polar surface area (TPSA) is 29.5 Å². The Balaban J connectivity index is 2.11. The summed E-state index contributed by atoms with van der Waals surface area (Å²) >= 11 is 0. The van der Waals surface area contributed by atoms with Crippen LogP contribution in [-0.4, -0.2) is 11.2 Å². The average molecular weight is 238 g/mol. The summed E-state index contributed by atoms with van der Waals surface area (Å²) in [5.74, 6) is 0.0500. The Morgan fingerprint density at radius 2 is 2.18 bits per heavy atom. The highest BCUT2D eigenvalue weighted by molar-refractivity contribution is 5.31. The second-order valence-electron chi connectivity index (χ2n) is 4.84. The maximum atomic E-state index is 13.7. The molecule has 1 saturated carbocycles. The Morgan fingerprint density at radius 1 is 1.47 bits per heavy atom. The molecule has 0 saturated heterocycles. The highest BCUT2D eigenvalue weighted by Gasteiger charge is 2.25. The van der Waals surface area contributed by atoms with Crippen LogP contribution in [0.25, 0.3) is 0 Å². The molecule has 2 atom stereocenters. The summed E-state index contributed by atoms with van der Waals surface area (Å²) in [5, 5.41) is 9.99. The minimum Gasteiger partial charge on any atom is -0.487 e. The number of aliphatic hydroxyl groups is 1. The van der Waals surface area contributed by atoms with Gasteiger partial charge in [-0.05, 0) is 36.5 Å². The Hall–Kier alpha value is -1.09. The van der Waals surface area contributed by atoms with Gasteiger partial charge in [-0.25, -0.2) is 4.39 Å². The zero-order valence-corrected chi connectivity index (χ0v) is 10.3. The molecule has 1 aliphatic rings. The third-order valence-corrected chi connectivity index (χ3v) is 3.30. The molecule has 1 fully saturated rings. The van der Waals surface area contributed by atoms with E-state index in [1.54, 1.807) is 12.1 Å². The third-order valence-electron chi connectivity index (χ3n) is 3.30. The molecule has 0 aromatic heterocycles. The van der Waals surface area contributed by atoms with E-state index in [-0.39, 0.29) is 17.8 Å². The molecule has 0 radical (unpaired) electrons. The molecule has 0 unspecified atom stereocenters. The molecule has 2 nitrogen and oxygen atoms in total. The van der Waals surface area contributed by atoms with Gasteiger partial charge in [-0.3, -0.25) is 0 Å². The fourth-order valence-corrected chi connectivity index (χ4v) is 1.71. The van der Waals surface area contributed by atoms with Crippen molar-refractivity contribution in [2.75, 3.05) is 0 Å². The lowest BCUT2D eigenvalue weighted by molar-refractivity contribution is 0.115. The number of rotatable bonds is 5. The van der Waals surface area contributed by atoms with Crippen LogP contribution in [0.3, 0.4) is 0 Å². The van der Waals surface area contributed by atoms with Gasteiger partial charge in [0, 0.05) is 0 Å². The molecular formula is C14H19FO2. The highest BCUT2D eigenvalue weighted by atomic mass is 19.1. The maximum absolute atomic E-state index is 13.7. The lowest BCUT2D eigenvalue weighted by Crippen LogP contribution is -2.09. The summed E-state index contributed by atoms with van der Waals surface area (Å²) in [6.07, 6.45) is 2.47. The molecule has 94 valence electrons. The number of aliphatic hydroxyl groups excluding tert-OH is 1. The van der Waals surface area contributed by atoms with Crippen molar-refractivity contribution in [2.45, 2.75) is 45.3 Å². The first-order chi connectivity index (χ1) is 8.11. The van der Waals surface area contributed by atoms with Crippen molar-refractivity contribution in [3.8, 4) is 5.75 Å². The van der Waals surface area contributed by atoms with Gasteiger partial charge in [-0.15, -0.1) is 0 Å². The fourth-order valence-electron chi connectivity index (χ4n) is 1.71.